The highest BCUT2D eigenvalue weighted by Crippen LogP contribution is 2.20. The van der Waals surface area contributed by atoms with Gasteiger partial charge in [0.2, 0.25) is 0 Å². The van der Waals surface area contributed by atoms with Gasteiger partial charge in [-0.05, 0) is 18.2 Å². The molecule has 13 heavy (non-hydrogen) atoms. The van der Waals surface area contributed by atoms with Crippen LogP contribution in [0.2, 0.25) is 0 Å². The molecule has 0 heterocycles. The Bertz CT molecular complexity index is 379. The summed E-state index contributed by atoms with van der Waals surface area (Å²) in [6.45, 7) is 0. The second-order valence-corrected chi connectivity index (χ2v) is 3.34. The maximum Gasteiger partial charge on any atom is 0.141 e. The third-order valence-corrected chi connectivity index (χ3v) is 2.13. The van der Waals surface area contributed by atoms with Gasteiger partial charge in [0, 0.05) is 22.8 Å². The van der Waals surface area contributed by atoms with Crippen molar-refractivity contribution in [3.8, 4) is 6.07 Å². The Hall–Kier alpha value is -1.34. The van der Waals surface area contributed by atoms with Crippen molar-refractivity contribution < 1.29 is 0 Å². The molecule has 0 aromatic heterocycles. The predicted molar refractivity (Wildman–Crippen MR) is 56.1 cm³/mol. The Morgan fingerprint density at radius 1 is 1.62 bits per heavy atom. The van der Waals surface area contributed by atoms with E-state index in [0.717, 1.165) is 10.2 Å². The van der Waals surface area contributed by atoms with E-state index in [2.05, 4.69) is 21.2 Å². The number of nitriles is 1. The zero-order chi connectivity index (χ0) is 9.84. The molecule has 2 N–H and O–H groups in total. The van der Waals surface area contributed by atoms with E-state index in [1.807, 2.05) is 12.1 Å². The van der Waals surface area contributed by atoms with Crippen LogP contribution in [0.5, 0.6) is 0 Å². The molecular formula is C9H8BrN3. The maximum absolute atomic E-state index is 8.58. The van der Waals surface area contributed by atoms with Crippen molar-refractivity contribution in [3.05, 3.63) is 28.2 Å². The monoisotopic (exact) mass is 237 g/mol. The third kappa shape index (κ3) is 2.07. The Balaban J connectivity index is 3.25. The van der Waals surface area contributed by atoms with Crippen LogP contribution < -0.4 is 5.32 Å². The van der Waals surface area contributed by atoms with Crippen LogP contribution in [0.15, 0.2) is 22.7 Å². The molecule has 4 heteroatoms. The highest BCUT2D eigenvalue weighted by atomic mass is 79.9. The van der Waals surface area contributed by atoms with E-state index in [9.17, 15) is 0 Å². The molecule has 0 aliphatic carbocycles. The van der Waals surface area contributed by atoms with E-state index in [4.69, 9.17) is 10.7 Å². The van der Waals surface area contributed by atoms with Gasteiger partial charge in [-0.1, -0.05) is 15.9 Å². The molecule has 0 saturated carbocycles. The van der Waals surface area contributed by atoms with Gasteiger partial charge < -0.3 is 5.32 Å². The predicted octanol–water partition coefficient (Wildman–Crippen LogP) is 2.38. The van der Waals surface area contributed by atoms with E-state index in [-0.39, 0.29) is 5.71 Å². The van der Waals surface area contributed by atoms with E-state index in [1.165, 1.54) is 0 Å². The Morgan fingerprint density at radius 2 is 2.31 bits per heavy atom. The van der Waals surface area contributed by atoms with Gasteiger partial charge in [-0.25, -0.2) is 0 Å². The number of rotatable bonds is 2. The van der Waals surface area contributed by atoms with Gasteiger partial charge >= 0.3 is 0 Å². The standard InChI is InChI=1S/C9H8BrN3/c1-13-9-3-2-6(10)4-7(9)8(12)5-11/h2-4,12-13H,1H3. The van der Waals surface area contributed by atoms with Crippen LogP contribution in [0.25, 0.3) is 0 Å². The van der Waals surface area contributed by atoms with Crippen molar-refractivity contribution in [2.24, 2.45) is 0 Å². The molecule has 0 aliphatic heterocycles. The number of benzene rings is 1. The summed E-state index contributed by atoms with van der Waals surface area (Å²) in [6, 6.07) is 7.24. The zero-order valence-electron chi connectivity index (χ0n) is 7.06. The molecule has 0 radical (unpaired) electrons. The van der Waals surface area contributed by atoms with Gasteiger partial charge in [0.15, 0.2) is 0 Å². The van der Waals surface area contributed by atoms with Gasteiger partial charge in [0.05, 0.1) is 0 Å². The van der Waals surface area contributed by atoms with Gasteiger partial charge in [-0.15, -0.1) is 0 Å². The minimum Gasteiger partial charge on any atom is -0.388 e. The first-order valence-corrected chi connectivity index (χ1v) is 4.44. The molecule has 1 aromatic rings. The topological polar surface area (TPSA) is 59.7 Å². The highest BCUT2D eigenvalue weighted by molar-refractivity contribution is 9.10. The summed E-state index contributed by atoms with van der Waals surface area (Å²) < 4.78 is 0.863. The summed E-state index contributed by atoms with van der Waals surface area (Å²) in [7, 11) is 1.76. The summed E-state index contributed by atoms with van der Waals surface area (Å²) >= 11 is 3.29. The van der Waals surface area contributed by atoms with Crippen LogP contribution in [0.1, 0.15) is 5.56 Å². The molecule has 0 saturated heterocycles. The van der Waals surface area contributed by atoms with Gasteiger partial charge in [-0.3, -0.25) is 5.41 Å². The number of nitrogens with one attached hydrogen (secondary N) is 2. The first kappa shape index (κ1) is 9.75. The van der Waals surface area contributed by atoms with E-state index in [0.29, 0.717) is 5.56 Å². The Morgan fingerprint density at radius 3 is 2.85 bits per heavy atom. The number of hydrogen-bond acceptors (Lipinski definition) is 3. The van der Waals surface area contributed by atoms with Crippen molar-refractivity contribution in [2.75, 3.05) is 12.4 Å². The van der Waals surface area contributed by atoms with Crippen molar-refractivity contribution in [1.29, 1.82) is 10.7 Å². The number of hydrogen-bond donors (Lipinski definition) is 2. The lowest BCUT2D eigenvalue weighted by Gasteiger charge is -2.06. The Kier molecular flexibility index (Phi) is 3.04. The SMILES string of the molecule is CNc1ccc(Br)cc1C(=N)C#N. The van der Waals surface area contributed by atoms with Crippen molar-refractivity contribution in [2.45, 2.75) is 0 Å². The molecule has 0 atom stereocenters. The van der Waals surface area contributed by atoms with Crippen molar-refractivity contribution in [1.82, 2.24) is 0 Å². The quantitative estimate of drug-likeness (QED) is 0.777. The van der Waals surface area contributed by atoms with Crippen molar-refractivity contribution >= 4 is 27.3 Å². The lowest BCUT2D eigenvalue weighted by Crippen LogP contribution is -2.01. The molecule has 0 spiro atoms. The second-order valence-electron chi connectivity index (χ2n) is 2.43. The molecule has 1 rings (SSSR count). The maximum atomic E-state index is 8.58. The Labute approximate surface area is 85.0 Å². The lowest BCUT2D eigenvalue weighted by atomic mass is 10.1. The van der Waals surface area contributed by atoms with Gasteiger partial charge in [0.25, 0.3) is 0 Å². The molecular weight excluding hydrogens is 230 g/mol. The summed E-state index contributed by atoms with van der Waals surface area (Å²) in [4.78, 5) is 0. The smallest absolute Gasteiger partial charge is 0.141 e. The molecule has 0 fully saturated rings. The lowest BCUT2D eigenvalue weighted by molar-refractivity contribution is 1.43. The second kappa shape index (κ2) is 4.06. The van der Waals surface area contributed by atoms with Crippen molar-refractivity contribution in [3.63, 3.8) is 0 Å². The largest absolute Gasteiger partial charge is 0.388 e. The molecule has 0 aliphatic rings. The van der Waals surface area contributed by atoms with Crippen LogP contribution in [0.4, 0.5) is 5.69 Å². The van der Waals surface area contributed by atoms with E-state index >= 15 is 0 Å². The molecule has 66 valence electrons. The molecule has 1 aromatic carbocycles. The average molecular weight is 238 g/mol. The highest BCUT2D eigenvalue weighted by Gasteiger charge is 2.06. The van der Waals surface area contributed by atoms with E-state index < -0.39 is 0 Å². The summed E-state index contributed by atoms with van der Waals surface area (Å²) in [6.07, 6.45) is 0. The average Bonchev–Trinajstić information content (AvgIpc) is 2.16. The minimum absolute atomic E-state index is 0.0364. The van der Waals surface area contributed by atoms with Crippen LogP contribution >= 0.6 is 15.9 Å². The number of anilines is 1. The first-order valence-electron chi connectivity index (χ1n) is 3.65. The van der Waals surface area contributed by atoms with Gasteiger partial charge in [0.1, 0.15) is 11.8 Å². The molecule has 0 bridgehead atoms. The molecule has 0 amide bonds. The fourth-order valence-electron chi connectivity index (χ4n) is 1.00. The third-order valence-electron chi connectivity index (χ3n) is 1.63. The summed E-state index contributed by atoms with van der Waals surface area (Å²) in [5, 5.41) is 18.9. The number of halogens is 1. The zero-order valence-corrected chi connectivity index (χ0v) is 8.64. The normalized spacial score (nSPS) is 9.00. The van der Waals surface area contributed by atoms with Crippen LogP contribution in [-0.2, 0) is 0 Å². The summed E-state index contributed by atoms with van der Waals surface area (Å²) in [5.74, 6) is 0. The first-order chi connectivity index (χ1) is 6.19. The fraction of sp³-hybridized carbons (Fsp3) is 0.111. The fourth-order valence-corrected chi connectivity index (χ4v) is 1.36. The van der Waals surface area contributed by atoms with Crippen LogP contribution in [0, 0.1) is 16.7 Å². The van der Waals surface area contributed by atoms with Crippen LogP contribution in [-0.4, -0.2) is 12.8 Å². The summed E-state index contributed by atoms with van der Waals surface area (Å²) in [5.41, 5.74) is 1.36. The van der Waals surface area contributed by atoms with Crippen LogP contribution in [0.3, 0.4) is 0 Å². The van der Waals surface area contributed by atoms with Gasteiger partial charge in [-0.2, -0.15) is 5.26 Å². The minimum atomic E-state index is -0.0364. The molecule has 3 nitrogen and oxygen atoms in total. The van der Waals surface area contributed by atoms with E-state index in [1.54, 1.807) is 19.2 Å². The number of nitrogens with zero attached hydrogens (tertiary/aromatic N) is 1. The molecule has 0 unspecified atom stereocenters.